The predicted molar refractivity (Wildman–Crippen MR) is 72.8 cm³/mol. The molecule has 0 radical (unpaired) electrons. The van der Waals surface area contributed by atoms with Crippen LogP contribution in [-0.2, 0) is 6.18 Å². The summed E-state index contributed by atoms with van der Waals surface area (Å²) in [6, 6.07) is 8.41. The standard InChI is InChI=1S/C15H8F4N2O/c16-10-6-8(5-9(7-10)15(17,18)19)13-20-12-4-2-1-3-11(12)14(22)21-13/h1-7H,(H,20,21,22). The molecule has 0 aliphatic heterocycles. The minimum absolute atomic E-state index is 0.117. The molecule has 0 aliphatic rings. The van der Waals surface area contributed by atoms with Crippen LogP contribution in [-0.4, -0.2) is 9.97 Å². The van der Waals surface area contributed by atoms with Gasteiger partial charge in [0.15, 0.2) is 0 Å². The van der Waals surface area contributed by atoms with Crippen molar-refractivity contribution in [1.82, 2.24) is 9.97 Å². The predicted octanol–water partition coefficient (Wildman–Crippen LogP) is 3.75. The zero-order valence-corrected chi connectivity index (χ0v) is 10.9. The van der Waals surface area contributed by atoms with Gasteiger partial charge in [0.25, 0.3) is 5.56 Å². The Morgan fingerprint density at radius 3 is 2.50 bits per heavy atom. The third kappa shape index (κ3) is 2.57. The van der Waals surface area contributed by atoms with Crippen molar-refractivity contribution in [2.45, 2.75) is 6.18 Å². The number of benzene rings is 2. The number of hydrogen-bond donors (Lipinski definition) is 1. The summed E-state index contributed by atoms with van der Waals surface area (Å²) in [5, 5.41) is 0.304. The highest BCUT2D eigenvalue weighted by atomic mass is 19.4. The molecule has 3 rings (SSSR count). The van der Waals surface area contributed by atoms with Gasteiger partial charge < -0.3 is 4.98 Å². The lowest BCUT2D eigenvalue weighted by Crippen LogP contribution is -2.10. The zero-order valence-electron chi connectivity index (χ0n) is 10.9. The second kappa shape index (κ2) is 4.94. The van der Waals surface area contributed by atoms with Crippen molar-refractivity contribution in [2.75, 3.05) is 0 Å². The fraction of sp³-hybridized carbons (Fsp3) is 0.0667. The van der Waals surface area contributed by atoms with Gasteiger partial charge in [-0.3, -0.25) is 4.79 Å². The van der Waals surface area contributed by atoms with Gasteiger partial charge in [-0.15, -0.1) is 0 Å². The number of fused-ring (bicyclic) bond motifs is 1. The summed E-state index contributed by atoms with van der Waals surface area (Å²) in [6.45, 7) is 0. The molecule has 0 fully saturated rings. The topological polar surface area (TPSA) is 45.8 Å². The van der Waals surface area contributed by atoms with Crippen molar-refractivity contribution < 1.29 is 17.6 Å². The lowest BCUT2D eigenvalue weighted by atomic mass is 10.1. The third-order valence-electron chi connectivity index (χ3n) is 3.11. The highest BCUT2D eigenvalue weighted by Crippen LogP contribution is 2.32. The van der Waals surface area contributed by atoms with Crippen LogP contribution in [0.25, 0.3) is 22.3 Å². The Hall–Kier alpha value is -2.70. The molecule has 0 bridgehead atoms. The number of aromatic amines is 1. The summed E-state index contributed by atoms with van der Waals surface area (Å²) in [7, 11) is 0. The van der Waals surface area contributed by atoms with Crippen molar-refractivity contribution in [3.63, 3.8) is 0 Å². The van der Waals surface area contributed by atoms with Crippen LogP contribution in [0.1, 0.15) is 5.56 Å². The number of nitrogens with one attached hydrogen (secondary N) is 1. The fourth-order valence-corrected chi connectivity index (χ4v) is 2.11. The van der Waals surface area contributed by atoms with E-state index in [9.17, 15) is 22.4 Å². The summed E-state index contributed by atoms with van der Waals surface area (Å²) < 4.78 is 51.6. The normalized spacial score (nSPS) is 11.8. The number of nitrogens with zero attached hydrogens (tertiary/aromatic N) is 1. The molecule has 1 N–H and O–H groups in total. The molecule has 0 saturated heterocycles. The van der Waals surface area contributed by atoms with Crippen LogP contribution in [0.15, 0.2) is 47.3 Å². The van der Waals surface area contributed by atoms with Gasteiger partial charge in [-0.1, -0.05) is 12.1 Å². The van der Waals surface area contributed by atoms with E-state index in [1.54, 1.807) is 18.2 Å². The Labute approximate surface area is 121 Å². The quantitative estimate of drug-likeness (QED) is 0.696. The average Bonchev–Trinajstić information content (AvgIpc) is 2.45. The molecule has 2 aromatic carbocycles. The largest absolute Gasteiger partial charge is 0.416 e. The summed E-state index contributed by atoms with van der Waals surface area (Å²) in [6.07, 6.45) is -4.69. The third-order valence-corrected chi connectivity index (χ3v) is 3.11. The molecule has 0 saturated carbocycles. The first-order valence-electron chi connectivity index (χ1n) is 6.22. The van der Waals surface area contributed by atoms with Crippen LogP contribution in [0.3, 0.4) is 0 Å². The van der Waals surface area contributed by atoms with Crippen LogP contribution >= 0.6 is 0 Å². The van der Waals surface area contributed by atoms with E-state index in [2.05, 4.69) is 9.97 Å². The van der Waals surface area contributed by atoms with Gasteiger partial charge in [0.1, 0.15) is 11.6 Å². The molecule has 3 nitrogen and oxygen atoms in total. The summed E-state index contributed by atoms with van der Waals surface area (Å²) in [5.41, 5.74) is -1.47. The van der Waals surface area contributed by atoms with Crippen molar-refractivity contribution >= 4 is 10.9 Å². The average molecular weight is 308 g/mol. The number of hydrogen-bond acceptors (Lipinski definition) is 2. The number of H-pyrrole nitrogens is 1. The van der Waals surface area contributed by atoms with Crippen molar-refractivity contribution in [3.05, 3.63) is 64.2 Å². The Kier molecular flexibility index (Phi) is 3.20. The maximum absolute atomic E-state index is 13.4. The molecule has 1 aromatic heterocycles. The van der Waals surface area contributed by atoms with Gasteiger partial charge in [0.05, 0.1) is 16.5 Å². The van der Waals surface area contributed by atoms with Crippen LogP contribution in [0.5, 0.6) is 0 Å². The molecule has 0 atom stereocenters. The highest BCUT2D eigenvalue weighted by molar-refractivity contribution is 5.79. The number of rotatable bonds is 1. The van der Waals surface area contributed by atoms with E-state index in [0.717, 1.165) is 12.1 Å². The Balaban J connectivity index is 2.24. The second-order valence-corrected chi connectivity index (χ2v) is 4.66. The van der Waals surface area contributed by atoms with Gasteiger partial charge in [-0.2, -0.15) is 13.2 Å². The molecule has 0 amide bonds. The van der Waals surface area contributed by atoms with Crippen LogP contribution in [0, 0.1) is 5.82 Å². The maximum atomic E-state index is 13.4. The van der Waals surface area contributed by atoms with E-state index in [-0.39, 0.29) is 11.4 Å². The number of para-hydroxylation sites is 1. The molecule has 0 aliphatic carbocycles. The summed E-state index contributed by atoms with van der Waals surface area (Å²) in [5.74, 6) is -1.17. The first kappa shape index (κ1) is 14.2. The second-order valence-electron chi connectivity index (χ2n) is 4.66. The molecule has 3 aromatic rings. The molecule has 112 valence electrons. The monoisotopic (exact) mass is 308 g/mol. The molecule has 7 heteroatoms. The Morgan fingerprint density at radius 2 is 1.77 bits per heavy atom. The molecular weight excluding hydrogens is 300 g/mol. The van der Waals surface area contributed by atoms with E-state index in [4.69, 9.17) is 0 Å². The van der Waals surface area contributed by atoms with Crippen LogP contribution in [0.2, 0.25) is 0 Å². The summed E-state index contributed by atoms with van der Waals surface area (Å²) >= 11 is 0. The number of aromatic nitrogens is 2. The van der Waals surface area contributed by atoms with Crippen molar-refractivity contribution in [2.24, 2.45) is 0 Å². The van der Waals surface area contributed by atoms with Gasteiger partial charge in [0, 0.05) is 5.56 Å². The molecule has 0 unspecified atom stereocenters. The maximum Gasteiger partial charge on any atom is 0.416 e. The van der Waals surface area contributed by atoms with Crippen molar-refractivity contribution in [3.8, 4) is 11.4 Å². The lowest BCUT2D eigenvalue weighted by molar-refractivity contribution is -0.137. The highest BCUT2D eigenvalue weighted by Gasteiger charge is 2.31. The fourth-order valence-electron chi connectivity index (χ4n) is 2.11. The smallest absolute Gasteiger partial charge is 0.306 e. The zero-order chi connectivity index (χ0) is 15.9. The molecule has 1 heterocycles. The van der Waals surface area contributed by atoms with Gasteiger partial charge in [0.2, 0.25) is 0 Å². The van der Waals surface area contributed by atoms with E-state index in [0.29, 0.717) is 17.0 Å². The molecule has 22 heavy (non-hydrogen) atoms. The Bertz CT molecular complexity index is 915. The van der Waals surface area contributed by atoms with E-state index in [1.807, 2.05) is 0 Å². The van der Waals surface area contributed by atoms with Gasteiger partial charge in [-0.05, 0) is 30.3 Å². The van der Waals surface area contributed by atoms with E-state index >= 15 is 0 Å². The molecular formula is C15H8F4N2O. The number of alkyl halides is 3. The molecule has 0 spiro atoms. The van der Waals surface area contributed by atoms with E-state index < -0.39 is 23.1 Å². The van der Waals surface area contributed by atoms with Gasteiger partial charge in [-0.25, -0.2) is 9.37 Å². The lowest BCUT2D eigenvalue weighted by Gasteiger charge is -2.09. The minimum Gasteiger partial charge on any atom is -0.306 e. The van der Waals surface area contributed by atoms with Crippen LogP contribution < -0.4 is 5.56 Å². The van der Waals surface area contributed by atoms with Gasteiger partial charge >= 0.3 is 6.18 Å². The van der Waals surface area contributed by atoms with E-state index in [1.165, 1.54) is 6.07 Å². The summed E-state index contributed by atoms with van der Waals surface area (Å²) in [4.78, 5) is 18.4. The first-order chi connectivity index (χ1) is 10.3. The first-order valence-corrected chi connectivity index (χ1v) is 6.22. The van der Waals surface area contributed by atoms with Crippen molar-refractivity contribution in [1.29, 1.82) is 0 Å². The SMILES string of the molecule is O=c1[nH]c(-c2cc(F)cc(C(F)(F)F)c2)nc2ccccc12. The van der Waals surface area contributed by atoms with Crippen LogP contribution in [0.4, 0.5) is 17.6 Å². The Morgan fingerprint density at radius 1 is 1.05 bits per heavy atom. The number of halogens is 4. The minimum atomic E-state index is -4.69.